The Morgan fingerprint density at radius 3 is 2.58 bits per heavy atom. The van der Waals surface area contributed by atoms with E-state index >= 15 is 0 Å². The second-order valence-corrected chi connectivity index (χ2v) is 7.99. The van der Waals surface area contributed by atoms with Crippen molar-refractivity contribution in [2.24, 2.45) is 0 Å². The van der Waals surface area contributed by atoms with Gasteiger partial charge in [0.15, 0.2) is 6.61 Å². The largest absolute Gasteiger partial charge is 0.481 e. The summed E-state index contributed by atoms with van der Waals surface area (Å²) in [6.45, 7) is -0.478. The first kappa shape index (κ1) is 21.1. The van der Waals surface area contributed by atoms with Crippen molar-refractivity contribution >= 4 is 33.5 Å². The smallest absolute Gasteiger partial charge is 0.341 e. The number of hydrogen-bond donors (Lipinski definition) is 1. The SMILES string of the molecule is O=C(O)COc1ccc(Br)cc1-c1cc(-c2ccc(F)cc2)n(-c2cccc(Cl)c2)n1. The van der Waals surface area contributed by atoms with Gasteiger partial charge in [-0.3, -0.25) is 0 Å². The van der Waals surface area contributed by atoms with Gasteiger partial charge in [-0.2, -0.15) is 5.10 Å². The minimum Gasteiger partial charge on any atom is -0.481 e. The average Bonchev–Trinajstić information content (AvgIpc) is 3.18. The first-order valence-electron chi connectivity index (χ1n) is 9.17. The number of carboxylic acid groups (broad SMARTS) is 1. The molecule has 0 aliphatic heterocycles. The molecule has 31 heavy (non-hydrogen) atoms. The zero-order chi connectivity index (χ0) is 22.0. The predicted molar refractivity (Wildman–Crippen MR) is 120 cm³/mol. The van der Waals surface area contributed by atoms with E-state index in [0.29, 0.717) is 27.7 Å². The molecule has 0 radical (unpaired) electrons. The van der Waals surface area contributed by atoms with Crippen LogP contribution in [0.2, 0.25) is 5.02 Å². The van der Waals surface area contributed by atoms with Gasteiger partial charge in [-0.05, 0) is 66.7 Å². The van der Waals surface area contributed by atoms with Crippen LogP contribution in [0.15, 0.2) is 77.3 Å². The van der Waals surface area contributed by atoms with Gasteiger partial charge in [-0.15, -0.1) is 0 Å². The maximum Gasteiger partial charge on any atom is 0.341 e. The van der Waals surface area contributed by atoms with E-state index in [9.17, 15) is 9.18 Å². The van der Waals surface area contributed by atoms with Crippen molar-refractivity contribution in [1.82, 2.24) is 9.78 Å². The van der Waals surface area contributed by atoms with Gasteiger partial charge in [-0.25, -0.2) is 13.9 Å². The molecule has 156 valence electrons. The van der Waals surface area contributed by atoms with Gasteiger partial charge in [-0.1, -0.05) is 33.6 Å². The number of ether oxygens (including phenoxy) is 1. The van der Waals surface area contributed by atoms with Crippen LogP contribution < -0.4 is 4.74 Å². The fourth-order valence-electron chi connectivity index (χ4n) is 3.11. The Morgan fingerprint density at radius 1 is 1.10 bits per heavy atom. The number of carboxylic acids is 1. The molecule has 1 N–H and O–H groups in total. The number of aliphatic carboxylic acids is 1. The molecule has 5 nitrogen and oxygen atoms in total. The van der Waals surface area contributed by atoms with E-state index in [4.69, 9.17) is 26.5 Å². The molecule has 0 saturated carbocycles. The summed E-state index contributed by atoms with van der Waals surface area (Å²) in [5.74, 6) is -1.04. The molecule has 3 aromatic carbocycles. The molecule has 1 aromatic heterocycles. The number of aromatic nitrogens is 2. The highest BCUT2D eigenvalue weighted by atomic mass is 79.9. The summed E-state index contributed by atoms with van der Waals surface area (Å²) in [6.07, 6.45) is 0. The Morgan fingerprint density at radius 2 is 1.87 bits per heavy atom. The van der Waals surface area contributed by atoms with Gasteiger partial charge in [0.05, 0.1) is 17.1 Å². The molecule has 4 aromatic rings. The van der Waals surface area contributed by atoms with Gasteiger partial charge >= 0.3 is 5.97 Å². The summed E-state index contributed by atoms with van der Waals surface area (Å²) in [4.78, 5) is 11.0. The van der Waals surface area contributed by atoms with Crippen LogP contribution in [0.3, 0.4) is 0 Å². The molecular weight excluding hydrogens is 487 g/mol. The third kappa shape index (κ3) is 4.78. The summed E-state index contributed by atoms with van der Waals surface area (Å²) in [6, 6.07) is 20.4. The van der Waals surface area contributed by atoms with Crippen LogP contribution in [0.4, 0.5) is 4.39 Å². The number of carbonyl (C=O) groups is 1. The lowest BCUT2D eigenvalue weighted by molar-refractivity contribution is -0.139. The standard InChI is InChI=1S/C23H15BrClFN2O3/c24-15-6-9-22(31-13-23(29)30)19(10-15)20-12-21(14-4-7-17(26)8-5-14)28(27-20)18-3-1-2-16(25)11-18/h1-12H,13H2,(H,29,30). The van der Waals surface area contributed by atoms with Crippen molar-refractivity contribution in [2.75, 3.05) is 6.61 Å². The summed E-state index contributed by atoms with van der Waals surface area (Å²) >= 11 is 9.62. The number of rotatable bonds is 6. The van der Waals surface area contributed by atoms with Gasteiger partial charge < -0.3 is 9.84 Å². The van der Waals surface area contributed by atoms with Crippen LogP contribution in [0.1, 0.15) is 0 Å². The summed E-state index contributed by atoms with van der Waals surface area (Å²) in [7, 11) is 0. The molecule has 0 bridgehead atoms. The lowest BCUT2D eigenvalue weighted by Crippen LogP contribution is -2.10. The van der Waals surface area contributed by atoms with Gasteiger partial charge in [0.1, 0.15) is 11.6 Å². The second-order valence-electron chi connectivity index (χ2n) is 6.64. The maximum absolute atomic E-state index is 13.5. The molecule has 0 fully saturated rings. The van der Waals surface area contributed by atoms with Crippen molar-refractivity contribution in [3.05, 3.63) is 88.1 Å². The van der Waals surface area contributed by atoms with Crippen molar-refractivity contribution in [1.29, 1.82) is 0 Å². The Bertz CT molecular complexity index is 1260. The third-order valence-electron chi connectivity index (χ3n) is 4.47. The van der Waals surface area contributed by atoms with E-state index in [-0.39, 0.29) is 5.82 Å². The van der Waals surface area contributed by atoms with Crippen molar-refractivity contribution in [2.45, 2.75) is 0 Å². The molecule has 8 heteroatoms. The van der Waals surface area contributed by atoms with Gasteiger partial charge in [0.25, 0.3) is 0 Å². The molecule has 0 atom stereocenters. The molecule has 0 amide bonds. The molecule has 0 spiro atoms. The van der Waals surface area contributed by atoms with Crippen LogP contribution in [-0.4, -0.2) is 27.5 Å². The molecule has 0 saturated heterocycles. The normalized spacial score (nSPS) is 10.8. The van der Waals surface area contributed by atoms with Gasteiger partial charge in [0.2, 0.25) is 0 Å². The first-order valence-corrected chi connectivity index (χ1v) is 10.3. The van der Waals surface area contributed by atoms with Gasteiger partial charge in [0, 0.05) is 20.6 Å². The predicted octanol–water partition coefficient (Wildman–Crippen LogP) is 6.22. The second kappa shape index (κ2) is 8.91. The van der Waals surface area contributed by atoms with Crippen molar-refractivity contribution < 1.29 is 19.0 Å². The van der Waals surface area contributed by atoms with Crippen LogP contribution in [0.25, 0.3) is 28.2 Å². The van der Waals surface area contributed by atoms with Crippen molar-refractivity contribution in [3.63, 3.8) is 0 Å². The molecule has 4 rings (SSSR count). The fraction of sp³-hybridized carbons (Fsp3) is 0.0435. The Hall–Kier alpha value is -3.16. The minimum atomic E-state index is -1.08. The van der Waals surface area contributed by atoms with E-state index in [1.807, 2.05) is 18.2 Å². The minimum absolute atomic E-state index is 0.339. The zero-order valence-electron chi connectivity index (χ0n) is 15.9. The number of nitrogens with zero attached hydrogens (tertiary/aromatic N) is 2. The van der Waals surface area contributed by atoms with Crippen LogP contribution in [0.5, 0.6) is 5.75 Å². The highest BCUT2D eigenvalue weighted by molar-refractivity contribution is 9.10. The number of hydrogen-bond acceptors (Lipinski definition) is 3. The lowest BCUT2D eigenvalue weighted by Gasteiger charge is -2.09. The molecule has 1 heterocycles. The molecular formula is C23H15BrClFN2O3. The highest BCUT2D eigenvalue weighted by Crippen LogP contribution is 2.36. The van der Waals surface area contributed by atoms with Crippen LogP contribution in [0, 0.1) is 5.82 Å². The number of benzene rings is 3. The Kier molecular flexibility index (Phi) is 6.06. The quantitative estimate of drug-likeness (QED) is 0.340. The van der Waals surface area contributed by atoms with Crippen molar-refractivity contribution in [3.8, 4) is 34.0 Å². The topological polar surface area (TPSA) is 64.3 Å². The average molecular weight is 502 g/mol. The fourth-order valence-corrected chi connectivity index (χ4v) is 3.66. The maximum atomic E-state index is 13.5. The number of halogens is 3. The lowest BCUT2D eigenvalue weighted by atomic mass is 10.1. The summed E-state index contributed by atoms with van der Waals surface area (Å²) < 4.78 is 21.4. The van der Waals surface area contributed by atoms with Crippen LogP contribution >= 0.6 is 27.5 Å². The Balaban J connectivity index is 1.89. The van der Waals surface area contributed by atoms with E-state index in [1.165, 1.54) is 12.1 Å². The highest BCUT2D eigenvalue weighted by Gasteiger charge is 2.17. The summed E-state index contributed by atoms with van der Waals surface area (Å²) in [5, 5.41) is 14.3. The van der Waals surface area contributed by atoms with E-state index in [1.54, 1.807) is 47.1 Å². The summed E-state index contributed by atoms with van der Waals surface area (Å²) in [5.41, 5.74) is 3.35. The van der Waals surface area contributed by atoms with E-state index < -0.39 is 12.6 Å². The van der Waals surface area contributed by atoms with E-state index in [2.05, 4.69) is 15.9 Å². The third-order valence-corrected chi connectivity index (χ3v) is 5.20. The molecule has 0 unspecified atom stereocenters. The monoisotopic (exact) mass is 500 g/mol. The molecule has 0 aliphatic carbocycles. The zero-order valence-corrected chi connectivity index (χ0v) is 18.3. The van der Waals surface area contributed by atoms with E-state index in [0.717, 1.165) is 15.7 Å². The Labute approximate surface area is 190 Å². The van der Waals surface area contributed by atoms with Crippen LogP contribution in [-0.2, 0) is 4.79 Å². The first-order chi connectivity index (χ1) is 14.9. The molecule has 0 aliphatic rings.